The van der Waals surface area contributed by atoms with Gasteiger partial charge in [-0.3, -0.25) is 4.79 Å². The predicted molar refractivity (Wildman–Crippen MR) is 80.7 cm³/mol. The van der Waals surface area contributed by atoms with Gasteiger partial charge in [0.15, 0.2) is 5.78 Å². The minimum absolute atomic E-state index is 0.0402. The third kappa shape index (κ3) is 2.69. The quantitative estimate of drug-likeness (QED) is 0.761. The van der Waals surface area contributed by atoms with Gasteiger partial charge in [0.25, 0.3) is 0 Å². The zero-order valence-corrected chi connectivity index (χ0v) is 12.9. The van der Waals surface area contributed by atoms with Crippen LogP contribution < -0.4 is 4.90 Å². The Kier molecular flexibility index (Phi) is 3.84. The van der Waals surface area contributed by atoms with E-state index in [-0.39, 0.29) is 21.6 Å². The second-order valence-electron chi connectivity index (χ2n) is 5.46. The molecule has 1 aliphatic heterocycles. The van der Waals surface area contributed by atoms with E-state index in [0.29, 0.717) is 18.9 Å². The number of alkyl halides is 3. The first-order chi connectivity index (χ1) is 10.4. The molecule has 118 valence electrons. The summed E-state index contributed by atoms with van der Waals surface area (Å²) in [6, 6.07) is 1.12. The van der Waals surface area contributed by atoms with Crippen molar-refractivity contribution in [2.24, 2.45) is 0 Å². The van der Waals surface area contributed by atoms with Crippen molar-refractivity contribution in [3.63, 3.8) is 0 Å². The molecule has 3 rings (SSSR count). The fourth-order valence-electron chi connectivity index (χ4n) is 2.74. The van der Waals surface area contributed by atoms with Crippen LogP contribution in [-0.2, 0) is 6.18 Å². The molecule has 0 radical (unpaired) electrons. The van der Waals surface area contributed by atoms with Crippen molar-refractivity contribution in [3.05, 3.63) is 22.6 Å². The average Bonchev–Trinajstić information content (AvgIpc) is 2.90. The monoisotopic (exact) mass is 328 g/mol. The van der Waals surface area contributed by atoms with Gasteiger partial charge in [-0.25, -0.2) is 4.98 Å². The number of anilines is 1. The Balaban J connectivity index is 2.20. The molecule has 0 N–H and O–H groups in total. The summed E-state index contributed by atoms with van der Waals surface area (Å²) in [4.78, 5) is 17.9. The van der Waals surface area contributed by atoms with Gasteiger partial charge in [-0.15, -0.1) is 11.3 Å². The van der Waals surface area contributed by atoms with Crippen LogP contribution in [0.5, 0.6) is 0 Å². The largest absolute Gasteiger partial charge is 0.417 e. The highest BCUT2D eigenvalue weighted by Crippen LogP contribution is 2.40. The number of thiophene rings is 1. The summed E-state index contributed by atoms with van der Waals surface area (Å²) in [6.07, 6.45) is -1.47. The molecule has 1 saturated heterocycles. The number of fused-ring (bicyclic) bond motifs is 1. The van der Waals surface area contributed by atoms with Crippen molar-refractivity contribution in [3.8, 4) is 0 Å². The smallest absolute Gasteiger partial charge is 0.357 e. The summed E-state index contributed by atoms with van der Waals surface area (Å²) in [5, 5.41) is 1.47. The van der Waals surface area contributed by atoms with E-state index in [9.17, 15) is 18.0 Å². The number of pyridine rings is 1. The molecule has 0 bridgehead atoms. The number of ketones is 1. The first-order valence-corrected chi connectivity index (χ1v) is 8.01. The summed E-state index contributed by atoms with van der Waals surface area (Å²) in [6.45, 7) is 2.76. The van der Waals surface area contributed by atoms with E-state index in [1.54, 1.807) is 0 Å². The average molecular weight is 328 g/mol. The minimum Gasteiger partial charge on any atom is -0.357 e. The summed E-state index contributed by atoms with van der Waals surface area (Å²) in [5.74, 6) is 0.0584. The molecule has 0 aliphatic carbocycles. The zero-order valence-electron chi connectivity index (χ0n) is 12.0. The predicted octanol–water partition coefficient (Wildman–Crippen LogP) is 4.51. The third-order valence-corrected chi connectivity index (χ3v) is 4.88. The van der Waals surface area contributed by atoms with Crippen LogP contribution in [0.25, 0.3) is 10.2 Å². The van der Waals surface area contributed by atoms with E-state index in [4.69, 9.17) is 0 Å². The van der Waals surface area contributed by atoms with Gasteiger partial charge in [0.05, 0.1) is 21.3 Å². The molecule has 0 atom stereocenters. The molecular formula is C15H15F3N2OS. The molecule has 0 saturated carbocycles. The van der Waals surface area contributed by atoms with Gasteiger partial charge >= 0.3 is 6.18 Å². The van der Waals surface area contributed by atoms with Gasteiger partial charge in [0, 0.05) is 18.5 Å². The van der Waals surface area contributed by atoms with Gasteiger partial charge in [-0.2, -0.15) is 13.2 Å². The number of piperidine rings is 1. The Morgan fingerprint density at radius 3 is 2.55 bits per heavy atom. The van der Waals surface area contributed by atoms with E-state index in [0.717, 1.165) is 36.7 Å². The number of halogens is 3. The molecule has 1 fully saturated rings. The van der Waals surface area contributed by atoms with Gasteiger partial charge in [-0.1, -0.05) is 0 Å². The van der Waals surface area contributed by atoms with Crippen LogP contribution in [0.4, 0.5) is 19.0 Å². The number of carbonyl (C=O) groups excluding carboxylic acids is 1. The molecule has 0 unspecified atom stereocenters. The van der Waals surface area contributed by atoms with Crippen molar-refractivity contribution in [1.82, 2.24) is 4.98 Å². The van der Waals surface area contributed by atoms with E-state index in [1.165, 1.54) is 12.3 Å². The summed E-state index contributed by atoms with van der Waals surface area (Å²) in [5.41, 5.74) is -0.257. The van der Waals surface area contributed by atoms with Crippen molar-refractivity contribution < 1.29 is 18.0 Å². The molecule has 1 aliphatic rings. The molecule has 3 heterocycles. The highest BCUT2D eigenvalue weighted by atomic mass is 32.1. The third-order valence-electron chi connectivity index (χ3n) is 3.87. The number of aromatic nitrogens is 1. The lowest BCUT2D eigenvalue weighted by atomic mass is 10.1. The topological polar surface area (TPSA) is 33.2 Å². The van der Waals surface area contributed by atoms with Crippen molar-refractivity contribution in [1.29, 1.82) is 0 Å². The normalized spacial score (nSPS) is 16.3. The van der Waals surface area contributed by atoms with Crippen LogP contribution in [0.15, 0.2) is 11.4 Å². The summed E-state index contributed by atoms with van der Waals surface area (Å²) >= 11 is 0.929. The van der Waals surface area contributed by atoms with Crippen LogP contribution >= 0.6 is 11.3 Å². The Labute approximate surface area is 129 Å². The standard InChI is InChI=1S/C15H15F3N2OS/c1-9(21)10-8-22-14-11(15(16,17)18)7-12(19-13(10)14)20-5-3-2-4-6-20/h7-8H,2-6H2,1H3. The van der Waals surface area contributed by atoms with E-state index in [2.05, 4.69) is 4.98 Å². The van der Waals surface area contributed by atoms with E-state index >= 15 is 0 Å². The zero-order chi connectivity index (χ0) is 15.9. The van der Waals surface area contributed by atoms with Crippen molar-refractivity contribution in [2.75, 3.05) is 18.0 Å². The number of carbonyl (C=O) groups is 1. The lowest BCUT2D eigenvalue weighted by Crippen LogP contribution is -2.30. The van der Waals surface area contributed by atoms with E-state index in [1.807, 2.05) is 4.90 Å². The van der Waals surface area contributed by atoms with Gasteiger partial charge in [0.1, 0.15) is 5.82 Å². The molecule has 0 aromatic carbocycles. The van der Waals surface area contributed by atoms with Crippen LogP contribution in [0.3, 0.4) is 0 Å². The van der Waals surface area contributed by atoms with E-state index < -0.39 is 11.7 Å². The van der Waals surface area contributed by atoms with Gasteiger partial charge in [-0.05, 0) is 32.3 Å². The second kappa shape index (κ2) is 5.53. The maximum Gasteiger partial charge on any atom is 0.417 e. The summed E-state index contributed by atoms with van der Waals surface area (Å²) in [7, 11) is 0. The molecule has 2 aromatic heterocycles. The maximum absolute atomic E-state index is 13.4. The van der Waals surface area contributed by atoms with Crippen LogP contribution in [0.1, 0.15) is 42.1 Å². The molecule has 3 nitrogen and oxygen atoms in total. The Morgan fingerprint density at radius 1 is 1.27 bits per heavy atom. The maximum atomic E-state index is 13.4. The molecule has 22 heavy (non-hydrogen) atoms. The number of hydrogen-bond donors (Lipinski definition) is 0. The first-order valence-electron chi connectivity index (χ1n) is 7.13. The summed E-state index contributed by atoms with van der Waals surface area (Å²) < 4.78 is 40.1. The Bertz CT molecular complexity index is 717. The second-order valence-corrected chi connectivity index (χ2v) is 6.34. The molecule has 2 aromatic rings. The van der Waals surface area contributed by atoms with Gasteiger partial charge in [0.2, 0.25) is 0 Å². The van der Waals surface area contributed by atoms with Crippen molar-refractivity contribution in [2.45, 2.75) is 32.4 Å². The fourth-order valence-corrected chi connectivity index (χ4v) is 3.82. The number of rotatable bonds is 2. The van der Waals surface area contributed by atoms with Gasteiger partial charge < -0.3 is 4.90 Å². The highest BCUT2D eigenvalue weighted by molar-refractivity contribution is 7.17. The van der Waals surface area contributed by atoms with Crippen molar-refractivity contribution >= 4 is 33.2 Å². The SMILES string of the molecule is CC(=O)c1csc2c(C(F)(F)F)cc(N3CCCCC3)nc12. The van der Waals surface area contributed by atoms with Crippen LogP contribution in [-0.4, -0.2) is 23.9 Å². The lowest BCUT2D eigenvalue weighted by Gasteiger charge is -2.28. The molecular weight excluding hydrogens is 313 g/mol. The number of Topliss-reactive ketones (excluding diaryl/α,β-unsaturated/α-hetero) is 1. The minimum atomic E-state index is -4.45. The fraction of sp³-hybridized carbons (Fsp3) is 0.467. The number of hydrogen-bond acceptors (Lipinski definition) is 4. The van der Waals surface area contributed by atoms with Crippen LogP contribution in [0, 0.1) is 0 Å². The molecule has 7 heteroatoms. The Hall–Kier alpha value is -1.63. The first kappa shape index (κ1) is 15.3. The molecule has 0 amide bonds. The Morgan fingerprint density at radius 2 is 1.95 bits per heavy atom. The highest BCUT2D eigenvalue weighted by Gasteiger charge is 2.35. The van der Waals surface area contributed by atoms with Crippen LogP contribution in [0.2, 0.25) is 0 Å². The number of nitrogens with zero attached hydrogens (tertiary/aromatic N) is 2. The molecule has 0 spiro atoms. The lowest BCUT2D eigenvalue weighted by molar-refractivity contribution is -0.136.